The molecule has 1 saturated heterocycles. The van der Waals surface area contributed by atoms with Crippen LogP contribution in [0.15, 0.2) is 5.38 Å². The second-order valence-electron chi connectivity index (χ2n) is 3.98. The lowest BCUT2D eigenvalue weighted by Crippen LogP contribution is -2.49. The SMILES string of the molecule is Cc1csc(CC2(C(=O)O)CCCN2)n1. The molecule has 0 bridgehead atoms. The van der Waals surface area contributed by atoms with Crippen LogP contribution in [0.5, 0.6) is 0 Å². The van der Waals surface area contributed by atoms with Crippen molar-refractivity contribution in [1.29, 1.82) is 0 Å². The zero-order valence-electron chi connectivity index (χ0n) is 8.62. The Bertz CT molecular complexity index is 369. The Morgan fingerprint density at radius 3 is 3.07 bits per heavy atom. The molecule has 15 heavy (non-hydrogen) atoms. The number of aryl methyl sites for hydroxylation is 1. The van der Waals surface area contributed by atoms with Crippen LogP contribution >= 0.6 is 11.3 Å². The van der Waals surface area contributed by atoms with Crippen LogP contribution in [0.25, 0.3) is 0 Å². The molecule has 0 aliphatic carbocycles. The van der Waals surface area contributed by atoms with E-state index in [-0.39, 0.29) is 0 Å². The average Bonchev–Trinajstić information content (AvgIpc) is 2.77. The number of nitrogens with one attached hydrogen (secondary N) is 1. The molecule has 0 amide bonds. The minimum atomic E-state index is -0.774. The number of hydrogen-bond donors (Lipinski definition) is 2. The number of aromatic nitrogens is 1. The van der Waals surface area contributed by atoms with Gasteiger partial charge in [0.2, 0.25) is 0 Å². The van der Waals surface area contributed by atoms with Crippen LogP contribution in [-0.4, -0.2) is 28.1 Å². The van der Waals surface area contributed by atoms with Gasteiger partial charge in [-0.05, 0) is 26.3 Å². The molecule has 4 nitrogen and oxygen atoms in total. The fourth-order valence-corrected chi connectivity index (χ4v) is 2.84. The summed E-state index contributed by atoms with van der Waals surface area (Å²) in [6.07, 6.45) is 2.12. The van der Waals surface area contributed by atoms with Gasteiger partial charge in [0.1, 0.15) is 5.54 Å². The fraction of sp³-hybridized carbons (Fsp3) is 0.600. The quantitative estimate of drug-likeness (QED) is 0.813. The van der Waals surface area contributed by atoms with Crippen LogP contribution in [0.1, 0.15) is 23.5 Å². The minimum absolute atomic E-state index is 0.501. The van der Waals surface area contributed by atoms with Crippen LogP contribution in [0, 0.1) is 6.92 Å². The van der Waals surface area contributed by atoms with Gasteiger partial charge in [-0.2, -0.15) is 0 Å². The van der Waals surface area contributed by atoms with Gasteiger partial charge in [0, 0.05) is 17.5 Å². The summed E-state index contributed by atoms with van der Waals surface area (Å²) in [5, 5.41) is 15.2. The van der Waals surface area contributed by atoms with E-state index in [1.54, 1.807) is 0 Å². The van der Waals surface area contributed by atoms with Gasteiger partial charge in [-0.3, -0.25) is 4.79 Å². The Morgan fingerprint density at radius 2 is 2.60 bits per heavy atom. The largest absolute Gasteiger partial charge is 0.480 e. The molecule has 1 aliphatic heterocycles. The number of hydrogen-bond acceptors (Lipinski definition) is 4. The van der Waals surface area contributed by atoms with Crippen molar-refractivity contribution in [2.75, 3.05) is 6.54 Å². The Hall–Kier alpha value is -0.940. The summed E-state index contributed by atoms with van der Waals surface area (Å²) in [5.74, 6) is -0.757. The third kappa shape index (κ3) is 2.03. The second-order valence-corrected chi connectivity index (χ2v) is 4.92. The maximum Gasteiger partial charge on any atom is 0.324 e. The molecule has 1 aromatic rings. The van der Waals surface area contributed by atoms with Crippen molar-refractivity contribution in [1.82, 2.24) is 10.3 Å². The van der Waals surface area contributed by atoms with E-state index in [1.807, 2.05) is 12.3 Å². The monoisotopic (exact) mass is 226 g/mol. The molecule has 1 unspecified atom stereocenters. The van der Waals surface area contributed by atoms with Crippen LogP contribution < -0.4 is 5.32 Å². The normalized spacial score (nSPS) is 25.7. The summed E-state index contributed by atoms with van der Waals surface area (Å²) < 4.78 is 0. The number of rotatable bonds is 3. The summed E-state index contributed by atoms with van der Waals surface area (Å²) in [4.78, 5) is 15.6. The maximum atomic E-state index is 11.2. The third-order valence-electron chi connectivity index (χ3n) is 2.77. The molecule has 1 fully saturated rings. The Balaban J connectivity index is 2.17. The molecule has 5 heteroatoms. The first-order valence-electron chi connectivity index (χ1n) is 5.02. The van der Waals surface area contributed by atoms with Gasteiger partial charge in [-0.25, -0.2) is 4.98 Å². The highest BCUT2D eigenvalue weighted by molar-refractivity contribution is 7.09. The van der Waals surface area contributed by atoms with Gasteiger partial charge >= 0.3 is 5.97 Å². The van der Waals surface area contributed by atoms with Gasteiger partial charge in [0.25, 0.3) is 0 Å². The number of thiazole rings is 1. The molecule has 0 aromatic carbocycles. The number of carboxylic acids is 1. The zero-order valence-corrected chi connectivity index (χ0v) is 9.43. The van der Waals surface area contributed by atoms with Crippen LogP contribution in [0.2, 0.25) is 0 Å². The second kappa shape index (κ2) is 3.90. The van der Waals surface area contributed by atoms with E-state index in [0.717, 1.165) is 23.7 Å². The first kappa shape index (κ1) is 10.6. The highest BCUT2D eigenvalue weighted by Crippen LogP contribution is 2.25. The van der Waals surface area contributed by atoms with Crippen molar-refractivity contribution in [3.05, 3.63) is 16.1 Å². The highest BCUT2D eigenvalue weighted by atomic mass is 32.1. The fourth-order valence-electron chi connectivity index (χ4n) is 1.96. The molecule has 2 rings (SSSR count). The number of nitrogens with zero attached hydrogens (tertiary/aromatic N) is 1. The van der Waals surface area contributed by atoms with Crippen molar-refractivity contribution < 1.29 is 9.90 Å². The summed E-state index contributed by atoms with van der Waals surface area (Å²) in [5.41, 5.74) is 0.193. The number of aliphatic carboxylic acids is 1. The molecule has 2 N–H and O–H groups in total. The summed E-state index contributed by atoms with van der Waals surface area (Å²) in [6.45, 7) is 2.71. The molecule has 0 radical (unpaired) electrons. The molecule has 1 aliphatic rings. The van der Waals surface area contributed by atoms with Crippen LogP contribution in [-0.2, 0) is 11.2 Å². The smallest absolute Gasteiger partial charge is 0.324 e. The minimum Gasteiger partial charge on any atom is -0.480 e. The predicted octanol–water partition coefficient (Wildman–Crippen LogP) is 1.20. The molecular weight excluding hydrogens is 212 g/mol. The molecular formula is C10H14N2O2S. The van der Waals surface area contributed by atoms with E-state index in [2.05, 4.69) is 10.3 Å². The van der Waals surface area contributed by atoms with Gasteiger partial charge in [-0.1, -0.05) is 0 Å². The summed E-state index contributed by atoms with van der Waals surface area (Å²) in [7, 11) is 0. The lowest BCUT2D eigenvalue weighted by Gasteiger charge is -2.22. The van der Waals surface area contributed by atoms with Gasteiger partial charge < -0.3 is 10.4 Å². The van der Waals surface area contributed by atoms with Crippen molar-refractivity contribution >= 4 is 17.3 Å². The zero-order chi connectivity index (χ0) is 10.9. The van der Waals surface area contributed by atoms with Crippen molar-refractivity contribution in [3.63, 3.8) is 0 Å². The van der Waals surface area contributed by atoms with Gasteiger partial charge in [0.05, 0.1) is 5.01 Å². The topological polar surface area (TPSA) is 62.2 Å². The van der Waals surface area contributed by atoms with Crippen LogP contribution in [0.4, 0.5) is 0 Å². The Morgan fingerprint density at radius 1 is 1.80 bits per heavy atom. The van der Waals surface area contributed by atoms with Crippen molar-refractivity contribution in [3.8, 4) is 0 Å². The molecule has 0 spiro atoms. The van der Waals surface area contributed by atoms with E-state index in [4.69, 9.17) is 0 Å². The molecule has 1 atom stereocenters. The predicted molar refractivity (Wildman–Crippen MR) is 58.2 cm³/mol. The van der Waals surface area contributed by atoms with E-state index in [0.29, 0.717) is 12.8 Å². The molecule has 2 heterocycles. The number of carboxylic acid groups (broad SMARTS) is 1. The van der Waals surface area contributed by atoms with E-state index in [9.17, 15) is 9.90 Å². The van der Waals surface area contributed by atoms with Gasteiger partial charge in [-0.15, -0.1) is 11.3 Å². The lowest BCUT2D eigenvalue weighted by atomic mass is 9.94. The summed E-state index contributed by atoms with van der Waals surface area (Å²) in [6, 6.07) is 0. The van der Waals surface area contributed by atoms with Crippen molar-refractivity contribution in [2.45, 2.75) is 31.7 Å². The Labute approximate surface area is 92.3 Å². The molecule has 82 valence electrons. The number of carbonyl (C=O) groups is 1. The standard InChI is InChI=1S/C10H14N2O2S/c1-7-6-15-8(12-7)5-10(9(13)14)3-2-4-11-10/h6,11H,2-5H2,1H3,(H,13,14). The first-order valence-corrected chi connectivity index (χ1v) is 5.90. The third-order valence-corrected chi connectivity index (χ3v) is 3.74. The van der Waals surface area contributed by atoms with E-state index in [1.165, 1.54) is 11.3 Å². The highest BCUT2D eigenvalue weighted by Gasteiger charge is 2.41. The average molecular weight is 226 g/mol. The van der Waals surface area contributed by atoms with Crippen molar-refractivity contribution in [2.24, 2.45) is 0 Å². The van der Waals surface area contributed by atoms with E-state index >= 15 is 0 Å². The maximum absolute atomic E-state index is 11.2. The molecule has 1 aromatic heterocycles. The van der Waals surface area contributed by atoms with Gasteiger partial charge in [0.15, 0.2) is 0 Å². The lowest BCUT2D eigenvalue weighted by molar-refractivity contribution is -0.144. The first-order chi connectivity index (χ1) is 7.12. The Kier molecular flexibility index (Phi) is 2.75. The van der Waals surface area contributed by atoms with E-state index < -0.39 is 11.5 Å². The van der Waals surface area contributed by atoms with Crippen LogP contribution in [0.3, 0.4) is 0 Å². The summed E-state index contributed by atoms with van der Waals surface area (Å²) >= 11 is 1.54. The molecule has 0 saturated carbocycles.